The highest BCUT2D eigenvalue weighted by molar-refractivity contribution is 5.64. The van der Waals surface area contributed by atoms with Gasteiger partial charge in [0.2, 0.25) is 0 Å². The minimum absolute atomic E-state index is 0.846. The standard InChI is InChI=1S/C14H24O/c1-2-3-4-5-6-7-8-9-10-11-12-13-14-15/h4-5,12-14H,2-3,6-11H2,1H3. The summed E-state index contributed by atoms with van der Waals surface area (Å²) < 4.78 is 0. The Labute approximate surface area is 94.3 Å². The molecular formula is C14H24O. The Morgan fingerprint density at radius 3 is 2.00 bits per heavy atom. The van der Waals surface area contributed by atoms with E-state index in [9.17, 15) is 4.79 Å². The van der Waals surface area contributed by atoms with E-state index in [0.29, 0.717) is 0 Å². The van der Waals surface area contributed by atoms with Crippen molar-refractivity contribution in [1.82, 2.24) is 0 Å². The molecule has 0 heterocycles. The lowest BCUT2D eigenvalue weighted by atomic mass is 10.1. The molecular weight excluding hydrogens is 184 g/mol. The van der Waals surface area contributed by atoms with E-state index in [-0.39, 0.29) is 0 Å². The Bertz CT molecular complexity index is 180. The third-order valence-corrected chi connectivity index (χ3v) is 2.33. The summed E-state index contributed by atoms with van der Waals surface area (Å²) in [5.41, 5.74) is 0. The molecule has 0 aliphatic carbocycles. The van der Waals surface area contributed by atoms with Crippen LogP contribution in [-0.2, 0) is 4.79 Å². The van der Waals surface area contributed by atoms with Gasteiger partial charge in [-0.15, -0.1) is 0 Å². The average molecular weight is 208 g/mol. The third kappa shape index (κ3) is 13.2. The van der Waals surface area contributed by atoms with Crippen molar-refractivity contribution in [2.45, 2.75) is 58.3 Å². The topological polar surface area (TPSA) is 17.1 Å². The van der Waals surface area contributed by atoms with Crippen LogP contribution in [0.5, 0.6) is 0 Å². The largest absolute Gasteiger partial charge is 0.299 e. The number of hydrogen-bond acceptors (Lipinski definition) is 1. The Morgan fingerprint density at radius 1 is 0.800 bits per heavy atom. The molecule has 15 heavy (non-hydrogen) atoms. The van der Waals surface area contributed by atoms with Gasteiger partial charge in [0, 0.05) is 0 Å². The average Bonchev–Trinajstić information content (AvgIpc) is 2.26. The molecule has 86 valence electrons. The first-order chi connectivity index (χ1) is 7.41. The second kappa shape index (κ2) is 13.2. The summed E-state index contributed by atoms with van der Waals surface area (Å²) in [6.45, 7) is 2.21. The second-order valence-corrected chi connectivity index (χ2v) is 3.82. The molecule has 0 aromatic heterocycles. The van der Waals surface area contributed by atoms with E-state index in [2.05, 4.69) is 19.1 Å². The monoisotopic (exact) mass is 208 g/mol. The van der Waals surface area contributed by atoms with Crippen LogP contribution in [0.25, 0.3) is 0 Å². The summed E-state index contributed by atoms with van der Waals surface area (Å²) >= 11 is 0. The van der Waals surface area contributed by atoms with Crippen LogP contribution in [0.15, 0.2) is 24.3 Å². The molecule has 0 radical (unpaired) electrons. The summed E-state index contributed by atoms with van der Waals surface area (Å²) in [6, 6.07) is 0. The van der Waals surface area contributed by atoms with Gasteiger partial charge in [0.25, 0.3) is 0 Å². The van der Waals surface area contributed by atoms with E-state index in [4.69, 9.17) is 0 Å². The molecule has 0 rings (SSSR count). The zero-order valence-electron chi connectivity index (χ0n) is 9.95. The Balaban J connectivity index is 3.04. The lowest BCUT2D eigenvalue weighted by molar-refractivity contribution is -0.104. The summed E-state index contributed by atoms with van der Waals surface area (Å²) in [4.78, 5) is 9.97. The highest BCUT2D eigenvalue weighted by Crippen LogP contribution is 2.06. The Kier molecular flexibility index (Phi) is 12.4. The summed E-state index contributed by atoms with van der Waals surface area (Å²) in [5.74, 6) is 0. The number of rotatable bonds is 10. The molecule has 0 unspecified atom stereocenters. The second-order valence-electron chi connectivity index (χ2n) is 3.82. The van der Waals surface area contributed by atoms with Crippen molar-refractivity contribution in [2.24, 2.45) is 0 Å². The van der Waals surface area contributed by atoms with Crippen molar-refractivity contribution in [3.8, 4) is 0 Å². The van der Waals surface area contributed by atoms with Gasteiger partial charge in [-0.3, -0.25) is 4.79 Å². The SMILES string of the molecule is CCCC=CCCCCCCC=CC=O. The van der Waals surface area contributed by atoms with E-state index in [1.54, 1.807) is 6.08 Å². The third-order valence-electron chi connectivity index (χ3n) is 2.33. The van der Waals surface area contributed by atoms with Crippen molar-refractivity contribution >= 4 is 6.29 Å². The van der Waals surface area contributed by atoms with E-state index >= 15 is 0 Å². The zero-order chi connectivity index (χ0) is 11.2. The smallest absolute Gasteiger partial charge is 0.142 e. The van der Waals surface area contributed by atoms with E-state index < -0.39 is 0 Å². The fourth-order valence-electron chi connectivity index (χ4n) is 1.43. The predicted molar refractivity (Wildman–Crippen MR) is 67.0 cm³/mol. The fourth-order valence-corrected chi connectivity index (χ4v) is 1.43. The highest BCUT2D eigenvalue weighted by Gasteiger charge is 1.87. The van der Waals surface area contributed by atoms with E-state index in [0.717, 1.165) is 12.7 Å². The predicted octanol–water partition coefficient (Wildman–Crippen LogP) is 4.44. The van der Waals surface area contributed by atoms with Crippen LogP contribution < -0.4 is 0 Å². The molecule has 0 aliphatic rings. The van der Waals surface area contributed by atoms with Crippen LogP contribution in [-0.4, -0.2) is 6.29 Å². The molecule has 0 bridgehead atoms. The van der Waals surface area contributed by atoms with Crippen molar-refractivity contribution in [2.75, 3.05) is 0 Å². The van der Waals surface area contributed by atoms with Crippen LogP contribution in [0.3, 0.4) is 0 Å². The first kappa shape index (κ1) is 14.2. The minimum Gasteiger partial charge on any atom is -0.299 e. The zero-order valence-corrected chi connectivity index (χ0v) is 9.95. The molecule has 0 amide bonds. The highest BCUT2D eigenvalue weighted by atomic mass is 16.1. The van der Waals surface area contributed by atoms with Crippen molar-refractivity contribution in [3.63, 3.8) is 0 Å². The molecule has 0 atom stereocenters. The van der Waals surface area contributed by atoms with Gasteiger partial charge in [0.05, 0.1) is 0 Å². The first-order valence-corrected chi connectivity index (χ1v) is 6.17. The van der Waals surface area contributed by atoms with Crippen LogP contribution in [0, 0.1) is 0 Å². The van der Waals surface area contributed by atoms with Crippen molar-refractivity contribution in [1.29, 1.82) is 0 Å². The van der Waals surface area contributed by atoms with Gasteiger partial charge in [-0.05, 0) is 38.2 Å². The van der Waals surface area contributed by atoms with Gasteiger partial charge in [-0.25, -0.2) is 0 Å². The van der Waals surface area contributed by atoms with Gasteiger partial charge in [-0.1, -0.05) is 44.4 Å². The summed E-state index contributed by atoms with van der Waals surface area (Å²) in [5, 5.41) is 0. The Morgan fingerprint density at radius 2 is 1.40 bits per heavy atom. The normalized spacial score (nSPS) is 11.5. The van der Waals surface area contributed by atoms with Gasteiger partial charge in [0.15, 0.2) is 0 Å². The molecule has 0 aromatic rings. The number of carbonyl (C=O) groups is 1. The van der Waals surface area contributed by atoms with E-state index in [1.165, 1.54) is 44.9 Å². The molecule has 0 saturated carbocycles. The van der Waals surface area contributed by atoms with Crippen LogP contribution in [0.1, 0.15) is 58.3 Å². The number of aldehydes is 1. The van der Waals surface area contributed by atoms with E-state index in [1.807, 2.05) is 6.08 Å². The molecule has 1 nitrogen and oxygen atoms in total. The van der Waals surface area contributed by atoms with Crippen LogP contribution >= 0.6 is 0 Å². The molecule has 0 spiro atoms. The molecule has 0 saturated heterocycles. The minimum atomic E-state index is 0.846. The maximum atomic E-state index is 9.97. The van der Waals surface area contributed by atoms with Crippen molar-refractivity contribution < 1.29 is 4.79 Å². The van der Waals surface area contributed by atoms with Gasteiger partial charge in [-0.2, -0.15) is 0 Å². The Hall–Kier alpha value is -0.850. The lowest BCUT2D eigenvalue weighted by Gasteiger charge is -1.96. The molecule has 0 fully saturated rings. The molecule has 0 aromatic carbocycles. The molecule has 0 N–H and O–H groups in total. The number of unbranched alkanes of at least 4 members (excludes halogenated alkanes) is 6. The maximum Gasteiger partial charge on any atom is 0.142 e. The van der Waals surface area contributed by atoms with Gasteiger partial charge in [0.1, 0.15) is 6.29 Å². The number of carbonyl (C=O) groups excluding carboxylic acids is 1. The quantitative estimate of drug-likeness (QED) is 0.224. The lowest BCUT2D eigenvalue weighted by Crippen LogP contribution is -1.77. The number of hydrogen-bond donors (Lipinski definition) is 0. The van der Waals surface area contributed by atoms with Crippen LogP contribution in [0.4, 0.5) is 0 Å². The van der Waals surface area contributed by atoms with Crippen LogP contribution in [0.2, 0.25) is 0 Å². The summed E-state index contributed by atoms with van der Waals surface area (Å²) in [7, 11) is 0. The van der Waals surface area contributed by atoms with Gasteiger partial charge < -0.3 is 0 Å². The molecule has 1 heteroatoms. The number of allylic oxidation sites excluding steroid dienone is 4. The van der Waals surface area contributed by atoms with Crippen molar-refractivity contribution in [3.05, 3.63) is 24.3 Å². The maximum absolute atomic E-state index is 9.97. The summed E-state index contributed by atoms with van der Waals surface area (Å²) in [6.07, 6.45) is 18.8. The molecule has 0 aliphatic heterocycles. The first-order valence-electron chi connectivity index (χ1n) is 6.17. The fraction of sp³-hybridized carbons (Fsp3) is 0.643. The van der Waals surface area contributed by atoms with Gasteiger partial charge >= 0.3 is 0 Å².